The highest BCUT2D eigenvalue weighted by Crippen LogP contribution is 2.47. The lowest BCUT2D eigenvalue weighted by atomic mass is 9.71. The maximum atomic E-state index is 14.9. The largest absolute Gasteiger partial charge is 0.493 e. The van der Waals surface area contributed by atoms with Gasteiger partial charge in [-0.05, 0) is 36.8 Å². The molecule has 5 nitrogen and oxygen atoms in total. The molecule has 0 saturated carbocycles. The molecule has 0 unspecified atom stereocenters. The quantitative estimate of drug-likeness (QED) is 0.678. The van der Waals surface area contributed by atoms with E-state index in [2.05, 4.69) is 6.58 Å². The highest BCUT2D eigenvalue weighted by Gasteiger charge is 2.51. The molecule has 1 saturated heterocycles. The van der Waals surface area contributed by atoms with E-state index in [0.29, 0.717) is 36.3 Å². The second-order valence-corrected chi connectivity index (χ2v) is 7.01. The van der Waals surface area contributed by atoms with Crippen LogP contribution in [0.25, 0.3) is 0 Å². The Labute approximate surface area is 158 Å². The van der Waals surface area contributed by atoms with Crippen molar-refractivity contribution in [2.75, 3.05) is 21.0 Å². The molecule has 3 rings (SSSR count). The van der Waals surface area contributed by atoms with Crippen LogP contribution in [-0.4, -0.2) is 32.4 Å². The van der Waals surface area contributed by atoms with Crippen LogP contribution in [0.5, 0.6) is 11.5 Å². The van der Waals surface area contributed by atoms with Crippen molar-refractivity contribution in [2.45, 2.75) is 31.8 Å². The van der Waals surface area contributed by atoms with Crippen LogP contribution in [0.1, 0.15) is 25.3 Å². The first kappa shape index (κ1) is 19.4. The third kappa shape index (κ3) is 3.34. The Hall–Kier alpha value is -2.34. The molecule has 0 spiro atoms. The van der Waals surface area contributed by atoms with E-state index in [1.807, 2.05) is 6.92 Å². The minimum Gasteiger partial charge on any atom is -0.493 e. The molecule has 0 radical (unpaired) electrons. The summed E-state index contributed by atoms with van der Waals surface area (Å²) in [5, 5.41) is 0. The normalized spacial score (nSPS) is 25.3. The van der Waals surface area contributed by atoms with E-state index in [9.17, 15) is 9.18 Å². The molecule has 1 aromatic rings. The van der Waals surface area contributed by atoms with E-state index < -0.39 is 11.4 Å². The molecule has 1 aliphatic carbocycles. The summed E-state index contributed by atoms with van der Waals surface area (Å²) in [4.78, 5) is 12.3. The molecular weight excluding hydrogens is 351 g/mol. The van der Waals surface area contributed by atoms with Gasteiger partial charge in [-0.2, -0.15) is 0 Å². The highest BCUT2D eigenvalue weighted by atomic mass is 19.1. The molecule has 0 amide bonds. The number of rotatable bonds is 7. The fourth-order valence-electron chi connectivity index (χ4n) is 4.00. The van der Waals surface area contributed by atoms with Crippen molar-refractivity contribution in [2.24, 2.45) is 11.8 Å². The van der Waals surface area contributed by atoms with Crippen LogP contribution in [0.15, 0.2) is 36.6 Å². The molecule has 27 heavy (non-hydrogen) atoms. The number of benzene rings is 1. The number of carbonyl (C=O) groups excluding carboxylic acids is 1. The Morgan fingerprint density at radius 2 is 2.19 bits per heavy atom. The number of hydrogen-bond acceptors (Lipinski definition) is 5. The molecule has 3 atom stereocenters. The predicted molar refractivity (Wildman–Crippen MR) is 98.2 cm³/mol. The number of halogens is 1. The van der Waals surface area contributed by atoms with E-state index in [1.54, 1.807) is 18.2 Å². The second-order valence-electron chi connectivity index (χ2n) is 7.01. The summed E-state index contributed by atoms with van der Waals surface area (Å²) >= 11 is 0. The fourth-order valence-corrected chi connectivity index (χ4v) is 4.00. The number of hydrogen-bond donors (Lipinski definition) is 0. The van der Waals surface area contributed by atoms with Gasteiger partial charge in [0.25, 0.3) is 0 Å². The maximum absolute atomic E-state index is 14.9. The van der Waals surface area contributed by atoms with Crippen molar-refractivity contribution in [1.82, 2.24) is 0 Å². The Kier molecular flexibility index (Phi) is 5.56. The van der Waals surface area contributed by atoms with Crippen molar-refractivity contribution < 1.29 is 28.1 Å². The van der Waals surface area contributed by atoms with Gasteiger partial charge < -0.3 is 18.9 Å². The Morgan fingerprint density at radius 3 is 2.85 bits per heavy atom. The van der Waals surface area contributed by atoms with Gasteiger partial charge in [0.05, 0.1) is 14.2 Å². The average molecular weight is 376 g/mol. The number of carbonyl (C=O) groups is 1. The van der Waals surface area contributed by atoms with Gasteiger partial charge in [0.15, 0.2) is 29.9 Å². The Bertz CT molecular complexity index is 772. The number of allylic oxidation sites excluding steroid dienone is 2. The van der Waals surface area contributed by atoms with Gasteiger partial charge in [-0.1, -0.05) is 19.1 Å². The van der Waals surface area contributed by atoms with Gasteiger partial charge in [0.1, 0.15) is 11.4 Å². The van der Waals surface area contributed by atoms with Gasteiger partial charge in [-0.3, -0.25) is 4.79 Å². The van der Waals surface area contributed by atoms with Crippen LogP contribution in [0.3, 0.4) is 0 Å². The van der Waals surface area contributed by atoms with Crippen LogP contribution >= 0.6 is 0 Å². The highest BCUT2D eigenvalue weighted by molar-refractivity contribution is 5.93. The minimum absolute atomic E-state index is 0.0236. The summed E-state index contributed by atoms with van der Waals surface area (Å²) in [6.07, 6.45) is 4.75. The van der Waals surface area contributed by atoms with E-state index in [1.165, 1.54) is 20.3 Å². The van der Waals surface area contributed by atoms with Crippen LogP contribution in [0.2, 0.25) is 0 Å². The van der Waals surface area contributed by atoms with E-state index in [-0.39, 0.29) is 30.2 Å². The van der Waals surface area contributed by atoms with Crippen molar-refractivity contribution in [3.05, 3.63) is 48.0 Å². The number of fused-ring (bicyclic) bond motifs is 1. The molecule has 0 aromatic heterocycles. The first-order chi connectivity index (χ1) is 13.0. The summed E-state index contributed by atoms with van der Waals surface area (Å²) in [5.74, 6) is 0.239. The van der Waals surface area contributed by atoms with Crippen LogP contribution in [0, 0.1) is 17.7 Å². The SMILES string of the molecule is C=CC[C@H]1C[C@]2([C@H](C)Cc3ccc(OC)c(OC)c3F)OCOC2=CC1=O. The monoisotopic (exact) mass is 376 g/mol. The van der Waals surface area contributed by atoms with Crippen LogP contribution < -0.4 is 9.47 Å². The summed E-state index contributed by atoms with van der Waals surface area (Å²) in [6.45, 7) is 5.82. The standard InChI is InChI=1S/C21H25FO5/c1-5-6-15-11-21(18(10-16(15)23)26-12-27-21)13(2)9-14-7-8-17(24-3)20(25-4)19(14)22/h5,7-8,10,13,15H,1,6,9,11-12H2,2-4H3/t13-,15+,21-/m1/s1. The minimum atomic E-state index is -0.735. The van der Waals surface area contributed by atoms with Crippen molar-refractivity contribution in [1.29, 1.82) is 0 Å². The van der Waals surface area contributed by atoms with E-state index >= 15 is 0 Å². The summed E-state index contributed by atoms with van der Waals surface area (Å²) < 4.78 is 36.8. The Balaban J connectivity index is 1.91. The van der Waals surface area contributed by atoms with Gasteiger partial charge in [0, 0.05) is 12.0 Å². The fraction of sp³-hybridized carbons (Fsp3) is 0.476. The summed E-state index contributed by atoms with van der Waals surface area (Å²) in [7, 11) is 2.88. The molecule has 1 fully saturated rings. The molecule has 0 bridgehead atoms. The van der Waals surface area contributed by atoms with Crippen LogP contribution in [-0.2, 0) is 20.7 Å². The van der Waals surface area contributed by atoms with Crippen molar-refractivity contribution in [3.63, 3.8) is 0 Å². The zero-order chi connectivity index (χ0) is 19.6. The molecule has 0 N–H and O–H groups in total. The zero-order valence-corrected chi connectivity index (χ0v) is 15.9. The summed E-state index contributed by atoms with van der Waals surface area (Å²) in [6, 6.07) is 3.38. The second kappa shape index (κ2) is 7.72. The maximum Gasteiger partial charge on any atom is 0.197 e. The van der Waals surface area contributed by atoms with Gasteiger partial charge in [-0.15, -0.1) is 6.58 Å². The number of ketones is 1. The Morgan fingerprint density at radius 1 is 1.41 bits per heavy atom. The lowest BCUT2D eigenvalue weighted by Gasteiger charge is -2.38. The van der Waals surface area contributed by atoms with Gasteiger partial charge in [-0.25, -0.2) is 4.39 Å². The summed E-state index contributed by atoms with van der Waals surface area (Å²) in [5.41, 5.74) is -0.233. The van der Waals surface area contributed by atoms with Gasteiger partial charge >= 0.3 is 0 Å². The molecule has 1 aromatic carbocycles. The first-order valence-electron chi connectivity index (χ1n) is 8.99. The lowest BCUT2D eigenvalue weighted by molar-refractivity contribution is -0.123. The van der Waals surface area contributed by atoms with E-state index in [4.69, 9.17) is 18.9 Å². The number of methoxy groups -OCH3 is 2. The average Bonchev–Trinajstić information content (AvgIpc) is 3.07. The van der Waals surface area contributed by atoms with Crippen molar-refractivity contribution >= 4 is 5.78 Å². The van der Waals surface area contributed by atoms with Gasteiger partial charge in [0.2, 0.25) is 0 Å². The predicted octanol–water partition coefficient (Wildman–Crippen LogP) is 3.81. The number of ether oxygens (including phenoxy) is 4. The van der Waals surface area contributed by atoms with Crippen LogP contribution in [0.4, 0.5) is 4.39 Å². The topological polar surface area (TPSA) is 54.0 Å². The molecular formula is C21H25FO5. The lowest BCUT2D eigenvalue weighted by Crippen LogP contribution is -2.45. The molecule has 6 heteroatoms. The molecule has 1 heterocycles. The zero-order valence-electron chi connectivity index (χ0n) is 15.9. The third-order valence-electron chi connectivity index (χ3n) is 5.51. The van der Waals surface area contributed by atoms with E-state index in [0.717, 1.165) is 0 Å². The van der Waals surface area contributed by atoms with Crippen molar-refractivity contribution in [3.8, 4) is 11.5 Å². The molecule has 1 aliphatic heterocycles. The third-order valence-corrected chi connectivity index (χ3v) is 5.51. The first-order valence-corrected chi connectivity index (χ1v) is 8.99. The molecule has 146 valence electrons. The smallest absolute Gasteiger partial charge is 0.197 e. The molecule has 2 aliphatic rings.